The molecule has 1 aliphatic heterocycles. The summed E-state index contributed by atoms with van der Waals surface area (Å²) in [5, 5.41) is 15.5. The van der Waals surface area contributed by atoms with E-state index < -0.39 is 5.91 Å². The van der Waals surface area contributed by atoms with Crippen LogP contribution < -0.4 is 10.6 Å². The molecule has 0 unspecified atom stereocenters. The molecule has 2 amide bonds. The molecule has 33 heavy (non-hydrogen) atoms. The van der Waals surface area contributed by atoms with Gasteiger partial charge in [-0.2, -0.15) is 5.26 Å². The Hall–Kier alpha value is -4.02. The summed E-state index contributed by atoms with van der Waals surface area (Å²) in [6.45, 7) is 1.85. The minimum absolute atomic E-state index is 0.114. The molecule has 3 aromatic rings. The summed E-state index contributed by atoms with van der Waals surface area (Å²) in [6.07, 6.45) is 0. The number of nitriles is 1. The Kier molecular flexibility index (Phi) is 6.48. The zero-order chi connectivity index (χ0) is 23.4. The van der Waals surface area contributed by atoms with Gasteiger partial charge in [0.25, 0.3) is 11.8 Å². The maximum absolute atomic E-state index is 13.0. The monoisotopic (exact) mass is 498 g/mol. The van der Waals surface area contributed by atoms with Crippen molar-refractivity contribution in [3.05, 3.63) is 111 Å². The van der Waals surface area contributed by atoms with Crippen molar-refractivity contribution in [3.63, 3.8) is 0 Å². The Labute approximate surface area is 199 Å². The van der Waals surface area contributed by atoms with Crippen LogP contribution in [0.4, 0.5) is 0 Å². The Morgan fingerprint density at radius 1 is 0.970 bits per heavy atom. The highest BCUT2D eigenvalue weighted by atomic mass is 79.9. The second-order valence-corrected chi connectivity index (χ2v) is 8.33. The van der Waals surface area contributed by atoms with Crippen LogP contribution in [0.25, 0.3) is 5.70 Å². The highest BCUT2D eigenvalue weighted by Crippen LogP contribution is 2.31. The Balaban J connectivity index is 1.66. The zero-order valence-electron chi connectivity index (χ0n) is 17.7. The summed E-state index contributed by atoms with van der Waals surface area (Å²) >= 11 is 3.36. The topological polar surface area (TPSA) is 94.3 Å². The number of hydrogen-bond acceptors (Lipinski definition) is 4. The van der Waals surface area contributed by atoms with E-state index in [1.165, 1.54) is 0 Å². The van der Waals surface area contributed by atoms with Crippen LogP contribution in [0.15, 0.2) is 93.9 Å². The highest BCUT2D eigenvalue weighted by Gasteiger charge is 2.28. The van der Waals surface area contributed by atoms with E-state index in [0.29, 0.717) is 22.5 Å². The first-order chi connectivity index (χ1) is 16.0. The molecule has 0 saturated heterocycles. The maximum atomic E-state index is 13.0. The first-order valence-electron chi connectivity index (χ1n) is 10.2. The molecule has 2 N–H and O–H groups in total. The number of halogens is 1. The van der Waals surface area contributed by atoms with Crippen molar-refractivity contribution < 1.29 is 9.59 Å². The van der Waals surface area contributed by atoms with Gasteiger partial charge in [0.1, 0.15) is 17.5 Å². The lowest BCUT2D eigenvalue weighted by molar-refractivity contribution is -0.117. The van der Waals surface area contributed by atoms with E-state index in [0.717, 1.165) is 10.0 Å². The molecular formula is C26H19BrN4O2. The van der Waals surface area contributed by atoms with E-state index in [2.05, 4.69) is 31.6 Å². The predicted octanol–water partition coefficient (Wildman–Crippen LogP) is 4.75. The number of amidine groups is 1. The fraction of sp³-hybridized carbons (Fsp3) is 0.0769. The average molecular weight is 499 g/mol. The van der Waals surface area contributed by atoms with Crippen molar-refractivity contribution >= 4 is 39.3 Å². The number of amides is 2. The van der Waals surface area contributed by atoms with E-state index in [1.807, 2.05) is 55.5 Å². The smallest absolute Gasteiger partial charge is 0.264 e. The summed E-state index contributed by atoms with van der Waals surface area (Å²) in [5.74, 6) is -0.573. The quantitative estimate of drug-likeness (QED) is 0.401. The van der Waals surface area contributed by atoms with Crippen LogP contribution in [-0.2, 0) is 4.79 Å². The Bertz CT molecular complexity index is 1340. The van der Waals surface area contributed by atoms with Gasteiger partial charge in [-0.15, -0.1) is 0 Å². The Morgan fingerprint density at radius 3 is 2.36 bits per heavy atom. The molecule has 0 aromatic heterocycles. The summed E-state index contributed by atoms with van der Waals surface area (Å²) in [6, 6.07) is 25.4. The number of carbonyl (C=O) groups is 2. The number of benzene rings is 3. The number of nitrogens with one attached hydrogen (secondary N) is 2. The predicted molar refractivity (Wildman–Crippen MR) is 130 cm³/mol. The molecule has 162 valence electrons. The van der Waals surface area contributed by atoms with Crippen LogP contribution in [0, 0.1) is 11.3 Å². The lowest BCUT2D eigenvalue weighted by Crippen LogP contribution is -2.30. The van der Waals surface area contributed by atoms with Gasteiger partial charge in [-0.25, -0.2) is 4.99 Å². The third kappa shape index (κ3) is 4.76. The lowest BCUT2D eigenvalue weighted by atomic mass is 10.0. The van der Waals surface area contributed by atoms with Crippen LogP contribution in [0.1, 0.15) is 40.0 Å². The fourth-order valence-electron chi connectivity index (χ4n) is 3.53. The number of hydrogen-bond donors (Lipinski definition) is 2. The van der Waals surface area contributed by atoms with E-state index in [4.69, 9.17) is 0 Å². The van der Waals surface area contributed by atoms with Gasteiger partial charge in [0.2, 0.25) is 0 Å². The number of fused-ring (bicyclic) bond motifs is 1. The minimum Gasteiger partial charge on any atom is -0.345 e. The van der Waals surface area contributed by atoms with Crippen LogP contribution in [0.5, 0.6) is 0 Å². The third-order valence-electron chi connectivity index (χ3n) is 5.20. The third-order valence-corrected chi connectivity index (χ3v) is 5.70. The molecule has 1 heterocycles. The second kappa shape index (κ2) is 9.63. The fourth-order valence-corrected chi connectivity index (χ4v) is 3.93. The van der Waals surface area contributed by atoms with Crippen LogP contribution >= 0.6 is 15.9 Å². The normalized spacial score (nSPS) is 14.4. The van der Waals surface area contributed by atoms with Gasteiger partial charge in [-0.1, -0.05) is 76.6 Å². The zero-order valence-corrected chi connectivity index (χ0v) is 19.3. The molecular weight excluding hydrogens is 480 g/mol. The number of carbonyl (C=O) groups excluding carboxylic acids is 2. The van der Waals surface area contributed by atoms with Gasteiger partial charge in [-0.3, -0.25) is 9.59 Å². The largest absolute Gasteiger partial charge is 0.345 e. The SMILES string of the molecule is C[C@@H](NC(=O)/C(C#N)=C1\N=C(NC(=O)c2cccc(Br)c2)c2ccccc21)c1ccccc1. The van der Waals surface area contributed by atoms with Crippen LogP contribution in [0.2, 0.25) is 0 Å². The molecule has 1 aliphatic rings. The first-order valence-corrected chi connectivity index (χ1v) is 11.0. The summed E-state index contributed by atoms with van der Waals surface area (Å²) in [5.41, 5.74) is 2.75. The summed E-state index contributed by atoms with van der Waals surface area (Å²) in [7, 11) is 0. The van der Waals surface area contributed by atoms with Crippen LogP contribution in [0.3, 0.4) is 0 Å². The van der Waals surface area contributed by atoms with Crippen molar-refractivity contribution in [1.29, 1.82) is 5.26 Å². The molecule has 7 heteroatoms. The van der Waals surface area contributed by atoms with Gasteiger partial charge in [-0.05, 0) is 30.7 Å². The summed E-state index contributed by atoms with van der Waals surface area (Å²) < 4.78 is 0.778. The molecule has 0 aliphatic carbocycles. The molecule has 1 atom stereocenters. The van der Waals surface area contributed by atoms with E-state index in [-0.39, 0.29) is 23.2 Å². The summed E-state index contributed by atoms with van der Waals surface area (Å²) in [4.78, 5) is 30.2. The Morgan fingerprint density at radius 2 is 1.67 bits per heavy atom. The molecule has 6 nitrogen and oxygen atoms in total. The van der Waals surface area contributed by atoms with E-state index >= 15 is 0 Å². The number of aliphatic imine (C=N–C) groups is 1. The number of nitrogens with zero attached hydrogens (tertiary/aromatic N) is 2. The molecule has 0 bridgehead atoms. The van der Waals surface area contributed by atoms with Crippen molar-refractivity contribution in [2.75, 3.05) is 0 Å². The standard InChI is InChI=1S/C26H19BrN4O2/c1-16(17-8-3-2-4-9-17)29-26(33)22(15-28)23-20-12-5-6-13-21(20)24(30-23)31-25(32)18-10-7-11-19(27)14-18/h2-14,16H,1H3,(H,29,33)(H,30,31,32)/b23-22-/t16-/m1/s1. The second-order valence-electron chi connectivity index (χ2n) is 7.41. The molecule has 3 aromatic carbocycles. The maximum Gasteiger partial charge on any atom is 0.264 e. The van der Waals surface area contributed by atoms with E-state index in [1.54, 1.807) is 36.4 Å². The van der Waals surface area contributed by atoms with Gasteiger partial charge in [0.15, 0.2) is 0 Å². The average Bonchev–Trinajstić information content (AvgIpc) is 3.18. The lowest BCUT2D eigenvalue weighted by Gasteiger charge is -2.14. The van der Waals surface area contributed by atoms with Crippen molar-refractivity contribution in [2.45, 2.75) is 13.0 Å². The van der Waals surface area contributed by atoms with Gasteiger partial charge in [0.05, 0.1) is 11.7 Å². The molecule has 0 fully saturated rings. The van der Waals surface area contributed by atoms with Crippen molar-refractivity contribution in [3.8, 4) is 6.07 Å². The van der Waals surface area contributed by atoms with Gasteiger partial charge >= 0.3 is 0 Å². The number of rotatable bonds is 4. The molecule has 4 rings (SSSR count). The van der Waals surface area contributed by atoms with E-state index in [9.17, 15) is 14.9 Å². The molecule has 0 saturated carbocycles. The molecule has 0 spiro atoms. The first kappa shape index (κ1) is 22.2. The van der Waals surface area contributed by atoms with Gasteiger partial charge in [0, 0.05) is 21.2 Å². The van der Waals surface area contributed by atoms with Crippen molar-refractivity contribution in [2.24, 2.45) is 4.99 Å². The van der Waals surface area contributed by atoms with Gasteiger partial charge < -0.3 is 10.6 Å². The highest BCUT2D eigenvalue weighted by molar-refractivity contribution is 9.10. The molecule has 0 radical (unpaired) electrons. The minimum atomic E-state index is -0.526. The van der Waals surface area contributed by atoms with Crippen LogP contribution in [-0.4, -0.2) is 17.6 Å². The van der Waals surface area contributed by atoms with Crippen molar-refractivity contribution in [1.82, 2.24) is 10.6 Å².